The Labute approximate surface area is 124 Å². The Bertz CT molecular complexity index is 663. The Morgan fingerprint density at radius 3 is 2.29 bits per heavy atom. The summed E-state index contributed by atoms with van der Waals surface area (Å²) in [7, 11) is -3.86. The van der Waals surface area contributed by atoms with Gasteiger partial charge in [-0.15, -0.1) is 0 Å². The van der Waals surface area contributed by atoms with Gasteiger partial charge in [0.2, 0.25) is 10.0 Å². The van der Waals surface area contributed by atoms with Gasteiger partial charge in [-0.3, -0.25) is 10.1 Å². The number of anilines is 1. The first-order chi connectivity index (χ1) is 9.36. The highest BCUT2D eigenvalue weighted by Crippen LogP contribution is 2.29. The quantitative estimate of drug-likeness (QED) is 0.502. The van der Waals surface area contributed by atoms with E-state index in [9.17, 15) is 18.5 Å². The van der Waals surface area contributed by atoms with Crippen LogP contribution in [0, 0.1) is 22.5 Å². The number of aryl methyl sites for hydroxylation is 1. The molecule has 21 heavy (non-hydrogen) atoms. The summed E-state index contributed by atoms with van der Waals surface area (Å²) in [6, 6.07) is 1.97. The molecule has 0 amide bonds. The monoisotopic (exact) mass is 315 g/mol. The molecule has 0 heterocycles. The molecule has 8 heteroatoms. The van der Waals surface area contributed by atoms with E-state index >= 15 is 0 Å². The van der Waals surface area contributed by atoms with Crippen LogP contribution in [0.25, 0.3) is 0 Å². The number of sulfonamides is 1. The number of benzene rings is 1. The molecule has 118 valence electrons. The molecule has 1 aromatic carbocycles. The number of hydrogen-bond donors (Lipinski definition) is 2. The topological polar surface area (TPSA) is 115 Å². The van der Waals surface area contributed by atoms with E-state index in [0.29, 0.717) is 5.56 Å². The van der Waals surface area contributed by atoms with Crippen molar-refractivity contribution >= 4 is 21.4 Å². The molecular formula is C13H21N3O4S. The molecule has 0 spiro atoms. The third kappa shape index (κ3) is 3.92. The summed E-state index contributed by atoms with van der Waals surface area (Å²) in [4.78, 5) is 10.1. The maximum atomic E-state index is 12.4. The first-order valence-electron chi connectivity index (χ1n) is 6.43. The maximum Gasteiger partial charge on any atom is 0.293 e. The molecule has 1 rings (SSSR count). The highest BCUT2D eigenvalue weighted by Gasteiger charge is 2.28. The van der Waals surface area contributed by atoms with Crippen molar-refractivity contribution in [3.63, 3.8) is 0 Å². The molecule has 1 aromatic rings. The fourth-order valence-electron chi connectivity index (χ4n) is 1.62. The molecule has 0 saturated heterocycles. The zero-order valence-electron chi connectivity index (χ0n) is 12.8. The fraction of sp³-hybridized carbons (Fsp3) is 0.538. The van der Waals surface area contributed by atoms with Crippen molar-refractivity contribution in [3.8, 4) is 0 Å². The van der Waals surface area contributed by atoms with Crippen LogP contribution in [0.15, 0.2) is 17.0 Å². The zero-order valence-corrected chi connectivity index (χ0v) is 13.6. The second-order valence-electron chi connectivity index (χ2n) is 6.14. The van der Waals surface area contributed by atoms with Gasteiger partial charge in [0, 0.05) is 12.1 Å². The lowest BCUT2D eigenvalue weighted by atomic mass is 9.89. The van der Waals surface area contributed by atoms with E-state index in [2.05, 4.69) is 4.72 Å². The van der Waals surface area contributed by atoms with Crippen molar-refractivity contribution < 1.29 is 13.3 Å². The molecule has 0 radical (unpaired) electrons. The lowest BCUT2D eigenvalue weighted by Gasteiger charge is -2.28. The molecule has 0 aromatic heterocycles. The van der Waals surface area contributed by atoms with E-state index in [0.717, 1.165) is 6.07 Å². The summed E-state index contributed by atoms with van der Waals surface area (Å²) in [5.41, 5.74) is 5.17. The van der Waals surface area contributed by atoms with Crippen molar-refractivity contribution in [1.29, 1.82) is 0 Å². The normalized spacial score (nSPS) is 14.0. The molecule has 1 atom stereocenters. The standard InChI is InChI=1S/C13H21N3O4S/c1-8-6-10(14)11(16(17)18)7-12(8)21(19,20)15-9(2)13(3,4)5/h6-7,9,15H,14H2,1-5H3. The number of nitrogen functional groups attached to an aromatic ring is 1. The van der Waals surface area contributed by atoms with E-state index < -0.39 is 20.6 Å². The summed E-state index contributed by atoms with van der Waals surface area (Å²) in [6.07, 6.45) is 0. The van der Waals surface area contributed by atoms with Gasteiger partial charge in [-0.05, 0) is 30.9 Å². The number of nitro benzene ring substituents is 1. The maximum absolute atomic E-state index is 12.4. The van der Waals surface area contributed by atoms with Gasteiger partial charge in [0.15, 0.2) is 0 Å². The Balaban J connectivity index is 3.32. The Hall–Kier alpha value is -1.67. The Morgan fingerprint density at radius 2 is 1.86 bits per heavy atom. The molecular weight excluding hydrogens is 294 g/mol. The van der Waals surface area contributed by atoms with E-state index in [-0.39, 0.29) is 22.0 Å². The van der Waals surface area contributed by atoms with Crippen LogP contribution in [0.2, 0.25) is 0 Å². The Kier molecular flexibility index (Phi) is 4.64. The minimum atomic E-state index is -3.86. The van der Waals surface area contributed by atoms with Gasteiger partial charge in [-0.2, -0.15) is 0 Å². The largest absolute Gasteiger partial charge is 0.393 e. The van der Waals surface area contributed by atoms with Crippen LogP contribution in [0.1, 0.15) is 33.3 Å². The first kappa shape index (κ1) is 17.4. The van der Waals surface area contributed by atoms with Gasteiger partial charge >= 0.3 is 0 Å². The lowest BCUT2D eigenvalue weighted by Crippen LogP contribution is -2.41. The molecule has 1 unspecified atom stereocenters. The number of nitro groups is 1. The van der Waals surface area contributed by atoms with Crippen molar-refractivity contribution in [1.82, 2.24) is 4.72 Å². The second kappa shape index (κ2) is 5.61. The third-order valence-electron chi connectivity index (χ3n) is 3.44. The lowest BCUT2D eigenvalue weighted by molar-refractivity contribution is -0.384. The van der Waals surface area contributed by atoms with E-state index in [4.69, 9.17) is 5.73 Å². The summed E-state index contributed by atoms with van der Waals surface area (Å²) in [5.74, 6) is 0. The number of rotatable bonds is 4. The molecule has 0 saturated carbocycles. The molecule has 0 aliphatic rings. The van der Waals surface area contributed by atoms with Crippen LogP contribution in [0.5, 0.6) is 0 Å². The van der Waals surface area contributed by atoms with Gasteiger partial charge in [0.1, 0.15) is 5.69 Å². The number of hydrogen-bond acceptors (Lipinski definition) is 5. The average Bonchev–Trinajstić information content (AvgIpc) is 2.25. The van der Waals surface area contributed by atoms with Gasteiger partial charge in [-0.1, -0.05) is 20.8 Å². The van der Waals surface area contributed by atoms with Gasteiger partial charge in [0.25, 0.3) is 5.69 Å². The molecule has 0 fully saturated rings. The van der Waals surface area contributed by atoms with Crippen LogP contribution in [-0.4, -0.2) is 19.4 Å². The minimum Gasteiger partial charge on any atom is -0.393 e. The van der Waals surface area contributed by atoms with Crippen molar-refractivity contribution in [2.24, 2.45) is 5.41 Å². The molecule has 0 bridgehead atoms. The molecule has 7 nitrogen and oxygen atoms in total. The Morgan fingerprint density at radius 1 is 1.33 bits per heavy atom. The van der Waals surface area contributed by atoms with Crippen LogP contribution < -0.4 is 10.5 Å². The van der Waals surface area contributed by atoms with E-state index in [1.54, 1.807) is 13.8 Å². The highest BCUT2D eigenvalue weighted by atomic mass is 32.2. The van der Waals surface area contributed by atoms with Crippen LogP contribution in [0.4, 0.5) is 11.4 Å². The SMILES string of the molecule is Cc1cc(N)c([N+](=O)[O-])cc1S(=O)(=O)NC(C)C(C)(C)C. The van der Waals surface area contributed by atoms with Gasteiger partial charge in [-0.25, -0.2) is 13.1 Å². The molecule has 0 aliphatic heterocycles. The number of nitrogens with one attached hydrogen (secondary N) is 1. The predicted molar refractivity (Wildman–Crippen MR) is 81.5 cm³/mol. The summed E-state index contributed by atoms with van der Waals surface area (Å²) in [5, 5.41) is 10.9. The summed E-state index contributed by atoms with van der Waals surface area (Å²) >= 11 is 0. The van der Waals surface area contributed by atoms with Gasteiger partial charge < -0.3 is 5.73 Å². The van der Waals surface area contributed by atoms with Crippen molar-refractivity contribution in [2.75, 3.05) is 5.73 Å². The molecule has 0 aliphatic carbocycles. The fourth-order valence-corrected chi connectivity index (χ4v) is 3.32. The van der Waals surface area contributed by atoms with Crippen LogP contribution in [-0.2, 0) is 10.0 Å². The summed E-state index contributed by atoms with van der Waals surface area (Å²) < 4.78 is 27.4. The predicted octanol–water partition coefficient (Wildman–Crippen LogP) is 2.20. The minimum absolute atomic E-state index is 0.0553. The van der Waals surface area contributed by atoms with Crippen molar-refractivity contribution in [3.05, 3.63) is 27.8 Å². The average molecular weight is 315 g/mol. The second-order valence-corrected chi connectivity index (χ2v) is 7.83. The van der Waals surface area contributed by atoms with E-state index in [1.807, 2.05) is 20.8 Å². The molecule has 3 N–H and O–H groups in total. The highest BCUT2D eigenvalue weighted by molar-refractivity contribution is 7.89. The summed E-state index contributed by atoms with van der Waals surface area (Å²) in [6.45, 7) is 9.00. The zero-order chi connectivity index (χ0) is 16.6. The number of nitrogens with zero attached hydrogens (tertiary/aromatic N) is 1. The third-order valence-corrected chi connectivity index (χ3v) is 5.12. The smallest absolute Gasteiger partial charge is 0.293 e. The van der Waals surface area contributed by atoms with Crippen LogP contribution in [0.3, 0.4) is 0 Å². The number of nitrogens with two attached hydrogens (primary N) is 1. The first-order valence-corrected chi connectivity index (χ1v) is 7.91. The van der Waals surface area contributed by atoms with Crippen molar-refractivity contribution in [2.45, 2.75) is 45.6 Å². The van der Waals surface area contributed by atoms with Gasteiger partial charge in [0.05, 0.1) is 9.82 Å². The van der Waals surface area contributed by atoms with Crippen LogP contribution >= 0.6 is 0 Å². The van der Waals surface area contributed by atoms with E-state index in [1.165, 1.54) is 6.07 Å².